The van der Waals surface area contributed by atoms with Crippen LogP contribution in [-0.4, -0.2) is 44.4 Å². The van der Waals surface area contributed by atoms with Gasteiger partial charge in [0.25, 0.3) is 0 Å². The molecule has 1 unspecified atom stereocenters. The first-order valence-corrected chi connectivity index (χ1v) is 8.77. The second-order valence-electron chi connectivity index (χ2n) is 5.71. The molecule has 1 saturated heterocycles. The lowest BCUT2D eigenvalue weighted by Gasteiger charge is -2.32. The third-order valence-electron chi connectivity index (χ3n) is 3.56. The molecule has 0 saturated carbocycles. The largest absolute Gasteiger partial charge is 0.378 e. The summed E-state index contributed by atoms with van der Waals surface area (Å²) in [7, 11) is -3.53. The molecule has 22 heavy (non-hydrogen) atoms. The average molecular weight is 326 g/mol. The fourth-order valence-electron chi connectivity index (χ4n) is 2.20. The van der Waals surface area contributed by atoms with Crippen molar-refractivity contribution < 1.29 is 17.9 Å². The zero-order valence-electron chi connectivity index (χ0n) is 13.1. The molecule has 1 aliphatic rings. The van der Waals surface area contributed by atoms with Gasteiger partial charge in [0.1, 0.15) is 0 Å². The quantitative estimate of drug-likeness (QED) is 0.913. The fourth-order valence-corrected chi connectivity index (χ4v) is 3.80. The molecule has 1 atom stereocenters. The summed E-state index contributed by atoms with van der Waals surface area (Å²) >= 11 is 0. The third-order valence-corrected chi connectivity index (χ3v) is 5.59. The molecular weight excluding hydrogens is 304 g/mol. The van der Waals surface area contributed by atoms with Crippen LogP contribution in [0.1, 0.15) is 20.8 Å². The topological polar surface area (TPSA) is 75.7 Å². The van der Waals surface area contributed by atoms with Crippen molar-refractivity contribution in [3.8, 4) is 0 Å². The van der Waals surface area contributed by atoms with Crippen molar-refractivity contribution in [1.29, 1.82) is 0 Å². The number of morpholine rings is 1. The van der Waals surface area contributed by atoms with Crippen LogP contribution in [0.5, 0.6) is 0 Å². The Morgan fingerprint density at radius 1 is 1.32 bits per heavy atom. The Bertz CT molecular complexity index is 625. The van der Waals surface area contributed by atoms with Crippen LogP contribution in [0.15, 0.2) is 29.2 Å². The van der Waals surface area contributed by atoms with Gasteiger partial charge in [-0.25, -0.2) is 8.42 Å². The van der Waals surface area contributed by atoms with E-state index in [1.54, 1.807) is 26.0 Å². The van der Waals surface area contributed by atoms with Crippen molar-refractivity contribution in [2.24, 2.45) is 5.92 Å². The van der Waals surface area contributed by atoms with Gasteiger partial charge < -0.3 is 10.1 Å². The Labute approximate surface area is 131 Å². The standard InChI is InChI=1S/C15H22N2O4S/c1-11(2)15(18)16-13-4-6-14(7-5-13)22(19,20)17-8-9-21-10-12(17)3/h4-7,11-12H,8-10H2,1-3H3,(H,16,18). The van der Waals surface area contributed by atoms with Crippen molar-refractivity contribution in [1.82, 2.24) is 4.31 Å². The van der Waals surface area contributed by atoms with E-state index in [4.69, 9.17) is 4.74 Å². The summed E-state index contributed by atoms with van der Waals surface area (Å²) < 4.78 is 32.0. The number of rotatable bonds is 4. The maximum absolute atomic E-state index is 12.6. The normalized spacial score (nSPS) is 20.1. The second kappa shape index (κ2) is 6.76. The second-order valence-corrected chi connectivity index (χ2v) is 7.60. The molecule has 7 heteroatoms. The van der Waals surface area contributed by atoms with Gasteiger partial charge in [-0.15, -0.1) is 0 Å². The van der Waals surface area contributed by atoms with Crippen LogP contribution in [0.3, 0.4) is 0 Å². The van der Waals surface area contributed by atoms with Crippen LogP contribution in [-0.2, 0) is 19.6 Å². The van der Waals surface area contributed by atoms with E-state index in [-0.39, 0.29) is 22.8 Å². The molecule has 1 aromatic carbocycles. The average Bonchev–Trinajstić information content (AvgIpc) is 2.48. The summed E-state index contributed by atoms with van der Waals surface area (Å²) in [6, 6.07) is 6.08. The lowest BCUT2D eigenvalue weighted by Crippen LogP contribution is -2.46. The van der Waals surface area contributed by atoms with Crippen molar-refractivity contribution in [2.75, 3.05) is 25.1 Å². The molecule has 0 aliphatic carbocycles. The number of nitrogens with zero attached hydrogens (tertiary/aromatic N) is 1. The van der Waals surface area contributed by atoms with Crippen molar-refractivity contribution in [3.05, 3.63) is 24.3 Å². The monoisotopic (exact) mass is 326 g/mol. The van der Waals surface area contributed by atoms with Gasteiger partial charge in [0.15, 0.2) is 0 Å². The Hall–Kier alpha value is -1.44. The van der Waals surface area contributed by atoms with Gasteiger partial charge in [-0.05, 0) is 31.2 Å². The number of amides is 1. The molecule has 1 fully saturated rings. The van der Waals surface area contributed by atoms with Crippen molar-refractivity contribution >= 4 is 21.6 Å². The number of anilines is 1. The lowest BCUT2D eigenvalue weighted by molar-refractivity contribution is -0.118. The van der Waals surface area contributed by atoms with Gasteiger partial charge in [-0.1, -0.05) is 13.8 Å². The summed E-state index contributed by atoms with van der Waals surface area (Å²) in [5.41, 5.74) is 0.590. The summed E-state index contributed by atoms with van der Waals surface area (Å²) in [4.78, 5) is 11.9. The minimum atomic E-state index is -3.53. The summed E-state index contributed by atoms with van der Waals surface area (Å²) in [5.74, 6) is -0.227. The number of benzene rings is 1. The number of sulfonamides is 1. The molecule has 1 N–H and O–H groups in total. The number of ether oxygens (including phenoxy) is 1. The minimum Gasteiger partial charge on any atom is -0.378 e. The lowest BCUT2D eigenvalue weighted by atomic mass is 10.2. The summed E-state index contributed by atoms with van der Waals surface area (Å²) in [6.45, 7) is 6.60. The van der Waals surface area contributed by atoms with E-state index in [1.165, 1.54) is 16.4 Å². The third kappa shape index (κ3) is 3.66. The van der Waals surface area contributed by atoms with Crippen LogP contribution in [0.25, 0.3) is 0 Å². The van der Waals surface area contributed by atoms with Gasteiger partial charge in [-0.3, -0.25) is 4.79 Å². The first-order valence-electron chi connectivity index (χ1n) is 7.33. The molecular formula is C15H22N2O4S. The smallest absolute Gasteiger partial charge is 0.243 e. The van der Waals surface area contributed by atoms with E-state index in [9.17, 15) is 13.2 Å². The van der Waals surface area contributed by atoms with Crippen LogP contribution in [0, 0.1) is 5.92 Å². The molecule has 1 aromatic rings. The van der Waals surface area contributed by atoms with E-state index in [1.807, 2.05) is 6.92 Å². The Kier molecular flexibility index (Phi) is 5.20. The highest BCUT2D eigenvalue weighted by atomic mass is 32.2. The van der Waals surface area contributed by atoms with Crippen LogP contribution in [0.2, 0.25) is 0 Å². The number of hydrogen-bond acceptors (Lipinski definition) is 4. The van der Waals surface area contributed by atoms with Crippen LogP contribution >= 0.6 is 0 Å². The van der Waals surface area contributed by atoms with Crippen molar-refractivity contribution in [3.63, 3.8) is 0 Å². The highest BCUT2D eigenvalue weighted by Crippen LogP contribution is 2.22. The minimum absolute atomic E-state index is 0.0996. The molecule has 0 spiro atoms. The first kappa shape index (κ1) is 16.9. The SMILES string of the molecule is CC(C)C(=O)Nc1ccc(S(=O)(=O)N2CCOCC2C)cc1. The van der Waals surface area contributed by atoms with E-state index in [2.05, 4.69) is 5.32 Å². The Morgan fingerprint density at radius 3 is 2.50 bits per heavy atom. The number of nitrogens with one attached hydrogen (secondary N) is 1. The van der Waals surface area contributed by atoms with E-state index in [0.717, 1.165) is 0 Å². The Balaban J connectivity index is 2.17. The van der Waals surface area contributed by atoms with Crippen molar-refractivity contribution in [2.45, 2.75) is 31.7 Å². The zero-order valence-corrected chi connectivity index (χ0v) is 13.9. The molecule has 2 rings (SSSR count). The zero-order chi connectivity index (χ0) is 16.3. The summed E-state index contributed by atoms with van der Waals surface area (Å²) in [5, 5.41) is 2.74. The van der Waals surface area contributed by atoms with Gasteiger partial charge in [0, 0.05) is 24.2 Å². The number of carbonyl (C=O) groups is 1. The van der Waals surface area contributed by atoms with Gasteiger partial charge in [0.2, 0.25) is 15.9 Å². The highest BCUT2D eigenvalue weighted by molar-refractivity contribution is 7.89. The van der Waals surface area contributed by atoms with E-state index < -0.39 is 10.0 Å². The van der Waals surface area contributed by atoms with Crippen LogP contribution < -0.4 is 5.32 Å². The molecule has 0 radical (unpaired) electrons. The van der Waals surface area contributed by atoms with E-state index >= 15 is 0 Å². The maximum Gasteiger partial charge on any atom is 0.243 e. The molecule has 6 nitrogen and oxygen atoms in total. The first-order chi connectivity index (χ1) is 10.3. The predicted octanol–water partition coefficient (Wildman–Crippen LogP) is 1.69. The Morgan fingerprint density at radius 2 is 1.95 bits per heavy atom. The number of hydrogen-bond donors (Lipinski definition) is 1. The molecule has 1 heterocycles. The number of carbonyl (C=O) groups excluding carboxylic acids is 1. The van der Waals surface area contributed by atoms with Crippen LogP contribution in [0.4, 0.5) is 5.69 Å². The molecule has 1 amide bonds. The fraction of sp³-hybridized carbons (Fsp3) is 0.533. The maximum atomic E-state index is 12.6. The summed E-state index contributed by atoms with van der Waals surface area (Å²) in [6.07, 6.45) is 0. The van der Waals surface area contributed by atoms with Gasteiger partial charge in [-0.2, -0.15) is 4.31 Å². The predicted molar refractivity (Wildman–Crippen MR) is 84.1 cm³/mol. The molecule has 122 valence electrons. The highest BCUT2D eigenvalue weighted by Gasteiger charge is 2.31. The molecule has 0 aromatic heterocycles. The molecule has 1 aliphatic heterocycles. The van der Waals surface area contributed by atoms with Gasteiger partial charge >= 0.3 is 0 Å². The van der Waals surface area contributed by atoms with E-state index in [0.29, 0.717) is 25.4 Å². The van der Waals surface area contributed by atoms with Gasteiger partial charge in [0.05, 0.1) is 18.1 Å². The molecule has 0 bridgehead atoms.